The van der Waals surface area contributed by atoms with Crippen molar-refractivity contribution >= 4 is 34.2 Å². The van der Waals surface area contributed by atoms with E-state index in [0.29, 0.717) is 13.2 Å². The molecule has 9 nitrogen and oxygen atoms in total. The second kappa shape index (κ2) is 41.2. The van der Waals surface area contributed by atoms with Gasteiger partial charge in [0.1, 0.15) is 0 Å². The molecule has 0 aliphatic heterocycles. The van der Waals surface area contributed by atoms with E-state index in [1.54, 1.807) is 0 Å². The minimum absolute atomic E-state index is 0.684. The Morgan fingerprint density at radius 2 is 0.415 bits per heavy atom. The van der Waals surface area contributed by atoms with E-state index in [0.717, 1.165) is 76.0 Å². The van der Waals surface area contributed by atoms with Gasteiger partial charge in [-0.2, -0.15) is 0 Å². The average molecular weight is 992 g/mol. The average Bonchev–Trinajstić information content (AvgIpc) is 3.26. The Morgan fingerprint density at radius 3 is 0.600 bits per heavy atom. The van der Waals surface area contributed by atoms with Crippen LogP contribution in [0.2, 0.25) is 50.4 Å². The van der Waals surface area contributed by atoms with Crippen molar-refractivity contribution in [3.8, 4) is 0 Å². The summed E-state index contributed by atoms with van der Waals surface area (Å²) >= 11 is 0. The molecule has 0 heterocycles. The van der Waals surface area contributed by atoms with E-state index in [1.165, 1.54) is 155 Å². The lowest BCUT2D eigenvalue weighted by atomic mass is 10.2. The minimum Gasteiger partial charge on any atom is -0.416 e. The van der Waals surface area contributed by atoms with E-state index in [4.69, 9.17) is 21.2 Å². The van der Waals surface area contributed by atoms with Gasteiger partial charge in [0.2, 0.25) is 0 Å². The van der Waals surface area contributed by atoms with Crippen molar-refractivity contribution in [3.05, 3.63) is 0 Å². The van der Waals surface area contributed by atoms with E-state index in [2.05, 4.69) is 115 Å². The molecule has 0 amide bonds. The number of rotatable bonds is 50. The van der Waals surface area contributed by atoms with Gasteiger partial charge in [-0.25, -0.2) is 0 Å². The molecule has 0 aromatic rings. The first-order valence-electron chi connectivity index (χ1n) is 28.5. The third-order valence-electron chi connectivity index (χ3n) is 13.2. The molecule has 0 aromatic carbocycles. The topological polar surface area (TPSA) is 59.1 Å². The molecule has 4 atom stereocenters. The van der Waals surface area contributed by atoms with E-state index in [9.17, 15) is 0 Å². The van der Waals surface area contributed by atoms with Crippen LogP contribution in [0, 0.1) is 0 Å². The number of unbranched alkanes of at least 4 members (excludes halogenated alkanes) is 8. The van der Waals surface area contributed by atoms with Gasteiger partial charge in [0.05, 0.1) is 0 Å². The zero-order chi connectivity index (χ0) is 48.7. The lowest BCUT2D eigenvalue weighted by Gasteiger charge is -2.45. The predicted octanol–water partition coefficient (Wildman–Crippen LogP) is 14.6. The van der Waals surface area contributed by atoms with E-state index in [1.807, 2.05) is 0 Å². The largest absolute Gasteiger partial charge is 0.416 e. The molecule has 0 aliphatic carbocycles. The van der Waals surface area contributed by atoms with E-state index >= 15 is 0 Å². The molecule has 392 valence electrons. The van der Waals surface area contributed by atoms with Crippen LogP contribution in [0.1, 0.15) is 198 Å². The molecule has 0 aliphatic rings. The molecule has 0 radical (unpaired) electrons. The first-order chi connectivity index (χ1) is 31.2. The number of nitrogens with zero attached hydrogens (tertiary/aromatic N) is 4. The summed E-state index contributed by atoms with van der Waals surface area (Å²) in [6, 6.07) is 3.94. The Morgan fingerprint density at radius 1 is 0.246 bits per heavy atom. The summed E-state index contributed by atoms with van der Waals surface area (Å²) < 4.78 is 37.2. The first kappa shape index (κ1) is 65.5. The van der Waals surface area contributed by atoms with Crippen LogP contribution in [-0.4, -0.2) is 146 Å². The highest BCUT2D eigenvalue weighted by Gasteiger charge is 2.51. The Balaban J connectivity index is 7.07. The van der Waals surface area contributed by atoms with Gasteiger partial charge in [-0.05, 0) is 220 Å². The second-order valence-corrected chi connectivity index (χ2v) is 34.4. The van der Waals surface area contributed by atoms with Gasteiger partial charge in [0.15, 0.2) is 0 Å². The highest BCUT2D eigenvalue weighted by molar-refractivity contribution is 6.88. The molecule has 0 rings (SSSR count). The minimum atomic E-state index is -2.85. The summed E-state index contributed by atoms with van der Waals surface area (Å²) in [5, 5.41) is 0. The fourth-order valence-corrected chi connectivity index (χ4v) is 29.1. The second-order valence-electron chi connectivity index (χ2n) is 20.3. The lowest BCUT2D eigenvalue weighted by Crippen LogP contribution is -2.61. The molecule has 0 aromatic heterocycles. The van der Waals surface area contributed by atoms with Gasteiger partial charge < -0.3 is 40.8 Å². The highest BCUT2D eigenvalue weighted by Crippen LogP contribution is 2.34. The maximum atomic E-state index is 7.95. The third-order valence-corrected chi connectivity index (χ3v) is 30.4. The highest BCUT2D eigenvalue weighted by atomic mass is 28.5. The Labute approximate surface area is 412 Å². The molecule has 65 heavy (non-hydrogen) atoms. The van der Waals surface area contributed by atoms with Crippen molar-refractivity contribution in [2.45, 2.75) is 248 Å². The number of hydrogen-bond donors (Lipinski definition) is 0. The summed E-state index contributed by atoms with van der Waals surface area (Å²) in [4.78, 5) is 10.9. The van der Waals surface area contributed by atoms with Crippen molar-refractivity contribution in [2.75, 3.05) is 91.8 Å². The van der Waals surface area contributed by atoms with Crippen molar-refractivity contribution in [1.82, 2.24) is 19.6 Å². The van der Waals surface area contributed by atoms with Gasteiger partial charge in [-0.1, -0.05) is 107 Å². The molecule has 0 N–H and O–H groups in total. The van der Waals surface area contributed by atoms with Crippen LogP contribution in [-0.2, 0) is 21.2 Å². The van der Waals surface area contributed by atoms with Crippen LogP contribution in [0.4, 0.5) is 0 Å². The van der Waals surface area contributed by atoms with Crippen molar-refractivity contribution < 1.29 is 21.2 Å². The maximum absolute atomic E-state index is 7.95. The Bertz CT molecular complexity index is 953. The van der Waals surface area contributed by atoms with Gasteiger partial charge in [-0.3, -0.25) is 0 Å². The zero-order valence-corrected chi connectivity index (χ0v) is 50.7. The summed E-state index contributed by atoms with van der Waals surface area (Å²) in [6.45, 7) is 47.8. The van der Waals surface area contributed by atoms with Crippen LogP contribution < -0.4 is 0 Å². The van der Waals surface area contributed by atoms with Gasteiger partial charge in [-0.15, -0.1) is 0 Å². The van der Waals surface area contributed by atoms with Crippen LogP contribution in [0.3, 0.4) is 0 Å². The standard InChI is InChI=1S/C52H118N4O5Si4/c1-15-25-37-53(38-26-16-2)45-33-49-62(11,57-23-9)59-64(13,51-35-47-55(41-29-19-5)42-30-20-6)61-65(14,52-36-48-56(43-31-21-7)44-32-22-8)60-63(12,58-24-10)50-34-46-54(39-27-17-3)40-28-18-4/h15-52H2,1-14H3. The molecular weight excluding hydrogens is 873 g/mol. The summed E-state index contributed by atoms with van der Waals surface area (Å²) in [5.41, 5.74) is 0. The molecule has 0 saturated carbocycles. The fraction of sp³-hybridized carbons (Fsp3) is 1.00. The third kappa shape index (κ3) is 33.7. The van der Waals surface area contributed by atoms with Gasteiger partial charge >= 0.3 is 34.2 Å². The molecule has 0 fully saturated rings. The Kier molecular flexibility index (Phi) is 41.5. The molecule has 4 unspecified atom stereocenters. The van der Waals surface area contributed by atoms with Crippen LogP contribution in [0.25, 0.3) is 0 Å². The monoisotopic (exact) mass is 991 g/mol. The van der Waals surface area contributed by atoms with Gasteiger partial charge in [0.25, 0.3) is 0 Å². The van der Waals surface area contributed by atoms with Crippen LogP contribution >= 0.6 is 0 Å². The van der Waals surface area contributed by atoms with Crippen molar-refractivity contribution in [2.24, 2.45) is 0 Å². The normalized spacial score (nSPS) is 16.2. The predicted molar refractivity (Wildman–Crippen MR) is 296 cm³/mol. The van der Waals surface area contributed by atoms with Crippen molar-refractivity contribution in [1.29, 1.82) is 0 Å². The molecule has 13 heteroatoms. The van der Waals surface area contributed by atoms with E-state index in [-0.39, 0.29) is 0 Å². The SMILES string of the molecule is CCCCN(CCCC)CCC[Si](C)(OCC)O[Si](C)(CCCN(CCCC)CCCC)O[Si](C)(CCCN(CCCC)CCCC)O[Si](C)(CCCN(CCCC)CCCC)OCC. The lowest BCUT2D eigenvalue weighted by molar-refractivity contribution is 0.199. The molecule has 0 saturated heterocycles. The summed E-state index contributed by atoms with van der Waals surface area (Å²) in [7, 11) is -10.9. The van der Waals surface area contributed by atoms with Crippen molar-refractivity contribution in [3.63, 3.8) is 0 Å². The van der Waals surface area contributed by atoms with Crippen LogP contribution in [0.15, 0.2) is 0 Å². The molecular formula is C52H118N4O5Si4. The molecule has 0 spiro atoms. The summed E-state index contributed by atoms with van der Waals surface area (Å²) in [5.74, 6) is 0. The maximum Gasteiger partial charge on any atom is 0.326 e. The fourth-order valence-electron chi connectivity index (χ4n) is 9.42. The smallest absolute Gasteiger partial charge is 0.326 e. The van der Waals surface area contributed by atoms with E-state index < -0.39 is 34.2 Å². The quantitative estimate of drug-likeness (QED) is 0.0555. The Hall–Kier alpha value is 0.508. The van der Waals surface area contributed by atoms with Gasteiger partial charge in [0, 0.05) is 13.2 Å². The zero-order valence-electron chi connectivity index (χ0n) is 46.7. The summed E-state index contributed by atoms with van der Waals surface area (Å²) in [6.07, 6.45) is 24.4. The number of hydrogen-bond acceptors (Lipinski definition) is 9. The van der Waals surface area contributed by atoms with Crippen LogP contribution in [0.5, 0.6) is 0 Å². The molecule has 0 bridgehead atoms. The first-order valence-corrected chi connectivity index (χ1v) is 38.6.